The van der Waals surface area contributed by atoms with Gasteiger partial charge in [0.1, 0.15) is 6.54 Å². The number of rotatable bonds is 8. The van der Waals surface area contributed by atoms with Gasteiger partial charge in [-0.15, -0.1) is 0 Å². The molecule has 2 amide bonds. The fourth-order valence-electron chi connectivity index (χ4n) is 2.25. The molecule has 0 fully saturated rings. The summed E-state index contributed by atoms with van der Waals surface area (Å²) in [7, 11) is -3.96. The molecule has 0 radical (unpaired) electrons. The predicted octanol–water partition coefficient (Wildman–Crippen LogP) is 2.15. The molecule has 160 valence electrons. The molecule has 0 aliphatic carbocycles. The van der Waals surface area contributed by atoms with Crippen LogP contribution in [0.5, 0.6) is 0 Å². The summed E-state index contributed by atoms with van der Waals surface area (Å²) in [6.07, 6.45) is -1.16. The van der Waals surface area contributed by atoms with Crippen molar-refractivity contribution in [3.63, 3.8) is 0 Å². The number of hydrogen-bond acceptors (Lipinski definition) is 6. The van der Waals surface area contributed by atoms with E-state index in [0.717, 1.165) is 0 Å². The third-order valence-corrected chi connectivity index (χ3v) is 5.30. The molecule has 0 aromatic heterocycles. The summed E-state index contributed by atoms with van der Waals surface area (Å²) in [6.45, 7) is 2.07. The first-order chi connectivity index (χ1) is 14.1. The molecule has 0 saturated heterocycles. The molecule has 30 heavy (non-hydrogen) atoms. The highest BCUT2D eigenvalue weighted by Gasteiger charge is 2.21. The number of sulfonamides is 1. The molecule has 0 aliphatic rings. The van der Waals surface area contributed by atoms with E-state index in [-0.39, 0.29) is 15.8 Å². The van der Waals surface area contributed by atoms with Gasteiger partial charge in [-0.25, -0.2) is 8.42 Å². The van der Waals surface area contributed by atoms with E-state index in [1.165, 1.54) is 38.1 Å². The fourth-order valence-corrected chi connectivity index (χ4v) is 3.52. The third-order valence-electron chi connectivity index (χ3n) is 3.66. The molecular formula is C19H20ClN3O6S. The minimum atomic E-state index is -3.96. The number of carbonyl (C=O) groups excluding carboxylic acids is 3. The van der Waals surface area contributed by atoms with Crippen molar-refractivity contribution in [1.82, 2.24) is 4.72 Å². The Balaban J connectivity index is 1.86. The molecule has 11 heteroatoms. The Labute approximate surface area is 178 Å². The van der Waals surface area contributed by atoms with Gasteiger partial charge in [0.15, 0.2) is 6.10 Å². The Bertz CT molecular complexity index is 1040. The standard InChI is InChI=1S/C19H20ClN3O6S/c1-12(19(26)23-16-8-6-15(7-9-16)22-13(2)24)29-18(25)11-21-30(27,28)17-5-3-4-14(20)10-17/h3-10,12,21H,11H2,1-2H3,(H,22,24)(H,23,26)/t12-/m1/s1. The maximum Gasteiger partial charge on any atom is 0.321 e. The van der Waals surface area contributed by atoms with Crippen LogP contribution < -0.4 is 15.4 Å². The summed E-state index contributed by atoms with van der Waals surface area (Å²) in [5.41, 5.74) is 0.991. The van der Waals surface area contributed by atoms with Gasteiger partial charge in [-0.2, -0.15) is 4.72 Å². The Morgan fingerprint density at radius 3 is 2.20 bits per heavy atom. The highest BCUT2D eigenvalue weighted by atomic mass is 35.5. The van der Waals surface area contributed by atoms with Gasteiger partial charge in [0.2, 0.25) is 15.9 Å². The predicted molar refractivity (Wildman–Crippen MR) is 112 cm³/mol. The van der Waals surface area contributed by atoms with Crippen molar-refractivity contribution in [3.05, 3.63) is 53.6 Å². The summed E-state index contributed by atoms with van der Waals surface area (Å²) in [6, 6.07) is 11.9. The molecule has 0 spiro atoms. The van der Waals surface area contributed by atoms with Crippen molar-refractivity contribution in [1.29, 1.82) is 0 Å². The topological polar surface area (TPSA) is 131 Å². The van der Waals surface area contributed by atoms with Crippen LogP contribution in [0, 0.1) is 0 Å². The molecular weight excluding hydrogens is 434 g/mol. The molecule has 0 bridgehead atoms. The van der Waals surface area contributed by atoms with E-state index in [1.807, 2.05) is 0 Å². The number of hydrogen-bond donors (Lipinski definition) is 3. The second-order valence-corrected chi connectivity index (χ2v) is 8.37. The van der Waals surface area contributed by atoms with Crippen molar-refractivity contribution < 1.29 is 27.5 Å². The molecule has 9 nitrogen and oxygen atoms in total. The largest absolute Gasteiger partial charge is 0.452 e. The van der Waals surface area contributed by atoms with Crippen LogP contribution in [-0.2, 0) is 29.1 Å². The Kier molecular flexibility index (Phi) is 7.93. The monoisotopic (exact) mass is 453 g/mol. The molecule has 0 heterocycles. The number of carbonyl (C=O) groups is 3. The number of benzene rings is 2. The first-order valence-corrected chi connectivity index (χ1v) is 10.6. The summed E-state index contributed by atoms with van der Waals surface area (Å²) < 4.78 is 31.4. The lowest BCUT2D eigenvalue weighted by molar-refractivity contribution is -0.151. The van der Waals surface area contributed by atoms with Crippen molar-refractivity contribution in [2.24, 2.45) is 0 Å². The SMILES string of the molecule is CC(=O)Nc1ccc(NC(=O)[C@@H](C)OC(=O)CNS(=O)(=O)c2cccc(Cl)c2)cc1. The minimum absolute atomic E-state index is 0.101. The van der Waals surface area contributed by atoms with Crippen LogP contribution in [0.25, 0.3) is 0 Å². The number of anilines is 2. The van der Waals surface area contributed by atoms with E-state index in [0.29, 0.717) is 11.4 Å². The van der Waals surface area contributed by atoms with Crippen molar-refractivity contribution in [2.45, 2.75) is 24.8 Å². The third kappa shape index (κ3) is 7.14. The molecule has 3 N–H and O–H groups in total. The zero-order valence-electron chi connectivity index (χ0n) is 16.1. The molecule has 0 aliphatic heterocycles. The van der Waals surface area contributed by atoms with Gasteiger partial charge in [-0.3, -0.25) is 14.4 Å². The van der Waals surface area contributed by atoms with Gasteiger partial charge < -0.3 is 15.4 Å². The van der Waals surface area contributed by atoms with Gasteiger partial charge >= 0.3 is 5.97 Å². The van der Waals surface area contributed by atoms with Crippen LogP contribution in [0.2, 0.25) is 5.02 Å². The minimum Gasteiger partial charge on any atom is -0.452 e. The van der Waals surface area contributed by atoms with Crippen molar-refractivity contribution in [2.75, 3.05) is 17.2 Å². The number of esters is 1. The van der Waals surface area contributed by atoms with Crippen LogP contribution in [0.4, 0.5) is 11.4 Å². The van der Waals surface area contributed by atoms with E-state index in [4.69, 9.17) is 16.3 Å². The van der Waals surface area contributed by atoms with E-state index < -0.39 is 34.5 Å². The van der Waals surface area contributed by atoms with Crippen LogP contribution >= 0.6 is 11.6 Å². The normalized spacial score (nSPS) is 12.0. The van der Waals surface area contributed by atoms with Crippen molar-refractivity contribution in [3.8, 4) is 0 Å². The zero-order valence-corrected chi connectivity index (χ0v) is 17.7. The maximum absolute atomic E-state index is 12.2. The summed E-state index contributed by atoms with van der Waals surface area (Å²) in [4.78, 5) is 35.0. The van der Waals surface area contributed by atoms with Crippen LogP contribution in [0.3, 0.4) is 0 Å². The van der Waals surface area contributed by atoms with Crippen LogP contribution in [0.1, 0.15) is 13.8 Å². The highest BCUT2D eigenvalue weighted by Crippen LogP contribution is 2.15. The van der Waals surface area contributed by atoms with Gasteiger partial charge in [-0.05, 0) is 49.4 Å². The summed E-state index contributed by atoms with van der Waals surface area (Å²) in [5, 5.41) is 5.37. The van der Waals surface area contributed by atoms with Gasteiger partial charge in [0.25, 0.3) is 5.91 Å². The second-order valence-electron chi connectivity index (χ2n) is 6.16. The van der Waals surface area contributed by atoms with E-state index in [2.05, 4.69) is 15.4 Å². The quantitative estimate of drug-likeness (QED) is 0.525. The smallest absolute Gasteiger partial charge is 0.321 e. The van der Waals surface area contributed by atoms with Gasteiger partial charge in [0.05, 0.1) is 4.90 Å². The molecule has 0 saturated carbocycles. The molecule has 2 aromatic rings. The summed E-state index contributed by atoms with van der Waals surface area (Å²) >= 11 is 5.77. The van der Waals surface area contributed by atoms with E-state index in [1.54, 1.807) is 24.3 Å². The number of halogens is 1. The molecule has 2 rings (SSSR count). The molecule has 1 atom stereocenters. The highest BCUT2D eigenvalue weighted by molar-refractivity contribution is 7.89. The first kappa shape index (κ1) is 23.3. The lowest BCUT2D eigenvalue weighted by Gasteiger charge is -2.14. The lowest BCUT2D eigenvalue weighted by Crippen LogP contribution is -2.35. The van der Waals surface area contributed by atoms with Gasteiger partial charge in [0, 0.05) is 23.3 Å². The number of amides is 2. The zero-order chi connectivity index (χ0) is 22.3. The lowest BCUT2D eigenvalue weighted by atomic mass is 10.2. The number of nitrogens with one attached hydrogen (secondary N) is 3. The average molecular weight is 454 g/mol. The molecule has 2 aromatic carbocycles. The fraction of sp³-hybridized carbons (Fsp3) is 0.211. The Hall–Kier alpha value is -2.95. The molecule has 0 unspecified atom stereocenters. The van der Waals surface area contributed by atoms with E-state index >= 15 is 0 Å². The van der Waals surface area contributed by atoms with Gasteiger partial charge in [-0.1, -0.05) is 17.7 Å². The maximum atomic E-state index is 12.2. The Morgan fingerprint density at radius 1 is 1.03 bits per heavy atom. The second kappa shape index (κ2) is 10.2. The van der Waals surface area contributed by atoms with Crippen LogP contribution in [0.15, 0.2) is 53.4 Å². The summed E-state index contributed by atoms with van der Waals surface area (Å²) in [5.74, 6) is -1.75. The van der Waals surface area contributed by atoms with E-state index in [9.17, 15) is 22.8 Å². The first-order valence-electron chi connectivity index (χ1n) is 8.70. The average Bonchev–Trinajstić information content (AvgIpc) is 2.67. The Morgan fingerprint density at radius 2 is 1.63 bits per heavy atom. The van der Waals surface area contributed by atoms with Crippen molar-refractivity contribution >= 4 is 50.8 Å². The van der Waals surface area contributed by atoms with Crippen LogP contribution in [-0.4, -0.2) is 38.9 Å². The number of ether oxygens (including phenoxy) is 1.